The molecule has 78 valence electrons. The minimum Gasteiger partial charge on any atom is -0.768 e. The van der Waals surface area contributed by atoms with Gasteiger partial charge < -0.3 is 19.3 Å². The van der Waals surface area contributed by atoms with Crippen LogP contribution in [-0.4, -0.2) is 27.7 Å². The van der Waals surface area contributed by atoms with Crippen LogP contribution in [0.5, 0.6) is 11.5 Å². The Kier molecular flexibility index (Phi) is 9.93. The molecule has 10 heteroatoms. The maximum absolute atomic E-state index is 10.6. The SMILES string of the molecule is O=S([O-])c1ccc(O)c(O)c1S(=O)[O-].[Na+].[Na+]. The van der Waals surface area contributed by atoms with E-state index in [4.69, 9.17) is 10.2 Å². The molecule has 0 aromatic heterocycles. The van der Waals surface area contributed by atoms with Crippen molar-refractivity contribution in [3.8, 4) is 11.5 Å². The van der Waals surface area contributed by atoms with Gasteiger partial charge >= 0.3 is 59.1 Å². The Labute approximate surface area is 141 Å². The number of aromatic hydroxyl groups is 2. The van der Waals surface area contributed by atoms with E-state index in [0.717, 1.165) is 12.1 Å². The second-order valence-electron chi connectivity index (χ2n) is 2.23. The molecular formula is C6H4Na2O6S2. The average molecular weight is 282 g/mol. The molecule has 0 amide bonds. The summed E-state index contributed by atoms with van der Waals surface area (Å²) in [6.07, 6.45) is 0. The van der Waals surface area contributed by atoms with E-state index in [9.17, 15) is 17.5 Å². The Hall–Kier alpha value is 1.04. The van der Waals surface area contributed by atoms with Gasteiger partial charge in [-0.3, -0.25) is 8.42 Å². The van der Waals surface area contributed by atoms with Crippen molar-refractivity contribution in [2.75, 3.05) is 0 Å². The third-order valence-electron chi connectivity index (χ3n) is 1.42. The number of hydrogen-bond donors (Lipinski definition) is 2. The van der Waals surface area contributed by atoms with E-state index >= 15 is 0 Å². The molecule has 0 spiro atoms. The van der Waals surface area contributed by atoms with Crippen molar-refractivity contribution in [3.05, 3.63) is 12.1 Å². The van der Waals surface area contributed by atoms with Gasteiger partial charge in [0.1, 0.15) is 0 Å². The summed E-state index contributed by atoms with van der Waals surface area (Å²) in [5, 5.41) is 18.0. The van der Waals surface area contributed by atoms with Gasteiger partial charge in [0.25, 0.3) is 0 Å². The molecule has 0 fully saturated rings. The van der Waals surface area contributed by atoms with E-state index in [1.807, 2.05) is 0 Å². The summed E-state index contributed by atoms with van der Waals surface area (Å²) in [7, 11) is 0. The van der Waals surface area contributed by atoms with Crippen LogP contribution in [0.1, 0.15) is 0 Å². The Morgan fingerprint density at radius 1 is 1.00 bits per heavy atom. The summed E-state index contributed by atoms with van der Waals surface area (Å²) in [4.78, 5) is -1.42. The van der Waals surface area contributed by atoms with Crippen LogP contribution in [-0.2, 0) is 22.2 Å². The number of rotatable bonds is 2. The Morgan fingerprint density at radius 2 is 1.50 bits per heavy atom. The van der Waals surface area contributed by atoms with Crippen molar-refractivity contribution in [2.24, 2.45) is 0 Å². The van der Waals surface area contributed by atoms with Crippen LogP contribution in [0, 0.1) is 0 Å². The maximum Gasteiger partial charge on any atom is 1.00 e. The van der Waals surface area contributed by atoms with Crippen molar-refractivity contribution in [3.63, 3.8) is 0 Å². The normalized spacial score (nSPS) is 13.1. The summed E-state index contributed by atoms with van der Waals surface area (Å²) in [5.41, 5.74) is 0. The van der Waals surface area contributed by atoms with E-state index in [1.54, 1.807) is 0 Å². The second kappa shape index (κ2) is 8.20. The van der Waals surface area contributed by atoms with Crippen molar-refractivity contribution in [1.29, 1.82) is 0 Å². The molecule has 6 nitrogen and oxygen atoms in total. The van der Waals surface area contributed by atoms with Gasteiger partial charge in [-0.2, -0.15) is 0 Å². The molecule has 2 unspecified atom stereocenters. The van der Waals surface area contributed by atoms with E-state index in [1.165, 1.54) is 0 Å². The van der Waals surface area contributed by atoms with Crippen molar-refractivity contribution < 1.29 is 86.9 Å². The van der Waals surface area contributed by atoms with E-state index < -0.39 is 43.5 Å². The predicted octanol–water partition coefficient (Wildman–Crippen LogP) is -6.42. The summed E-state index contributed by atoms with van der Waals surface area (Å²) in [5.74, 6) is -1.67. The Bertz CT molecular complexity index is 424. The fourth-order valence-electron chi connectivity index (χ4n) is 0.835. The van der Waals surface area contributed by atoms with E-state index in [0.29, 0.717) is 0 Å². The second-order valence-corrected chi connectivity index (χ2v) is 4.02. The molecule has 0 aliphatic heterocycles. The largest absolute Gasteiger partial charge is 1.00 e. The average Bonchev–Trinajstić information content (AvgIpc) is 2.08. The van der Waals surface area contributed by atoms with Gasteiger partial charge in [0, 0.05) is 4.90 Å². The third kappa shape index (κ3) is 4.37. The Morgan fingerprint density at radius 3 is 1.88 bits per heavy atom. The van der Waals surface area contributed by atoms with Gasteiger partial charge in [-0.05, 0) is 34.3 Å². The molecular weight excluding hydrogens is 278 g/mol. The monoisotopic (exact) mass is 282 g/mol. The molecule has 0 aliphatic rings. The molecule has 0 bridgehead atoms. The van der Waals surface area contributed by atoms with Crippen molar-refractivity contribution >= 4 is 22.2 Å². The van der Waals surface area contributed by atoms with Gasteiger partial charge in [0.05, 0.1) is 4.90 Å². The molecule has 0 saturated carbocycles. The maximum atomic E-state index is 10.6. The third-order valence-corrected chi connectivity index (χ3v) is 3.00. The predicted molar refractivity (Wildman–Crippen MR) is 44.1 cm³/mol. The minimum atomic E-state index is -2.94. The fourth-order valence-corrected chi connectivity index (χ4v) is 2.16. The van der Waals surface area contributed by atoms with Crippen LogP contribution in [0.25, 0.3) is 0 Å². The zero-order valence-electron chi connectivity index (χ0n) is 8.50. The fraction of sp³-hybridized carbons (Fsp3) is 0. The molecule has 1 aromatic rings. The first-order valence-electron chi connectivity index (χ1n) is 3.18. The number of phenolic OH excluding ortho intramolecular Hbond substituents is 2. The number of benzene rings is 1. The molecule has 1 rings (SSSR count). The topological polar surface area (TPSA) is 121 Å². The van der Waals surface area contributed by atoms with Crippen LogP contribution in [0.3, 0.4) is 0 Å². The summed E-state index contributed by atoms with van der Waals surface area (Å²) >= 11 is -5.73. The first-order chi connectivity index (χ1) is 6.45. The molecule has 0 radical (unpaired) electrons. The smallest absolute Gasteiger partial charge is 0.768 e. The zero-order chi connectivity index (χ0) is 10.9. The van der Waals surface area contributed by atoms with Crippen LogP contribution >= 0.6 is 0 Å². The first kappa shape index (κ1) is 19.4. The molecule has 16 heavy (non-hydrogen) atoms. The van der Waals surface area contributed by atoms with Gasteiger partial charge in [-0.15, -0.1) is 0 Å². The van der Waals surface area contributed by atoms with Crippen LogP contribution < -0.4 is 59.1 Å². The zero-order valence-corrected chi connectivity index (χ0v) is 14.1. The van der Waals surface area contributed by atoms with E-state index in [2.05, 4.69) is 0 Å². The van der Waals surface area contributed by atoms with Crippen LogP contribution in [0.2, 0.25) is 0 Å². The van der Waals surface area contributed by atoms with Gasteiger partial charge in [-0.25, -0.2) is 0 Å². The molecule has 1 aromatic carbocycles. The number of hydrogen-bond acceptors (Lipinski definition) is 6. The van der Waals surface area contributed by atoms with Gasteiger partial charge in [0.15, 0.2) is 11.5 Å². The van der Waals surface area contributed by atoms with Crippen molar-refractivity contribution in [1.82, 2.24) is 0 Å². The molecule has 0 heterocycles. The van der Waals surface area contributed by atoms with Crippen LogP contribution in [0.4, 0.5) is 0 Å². The summed E-state index contributed by atoms with van der Waals surface area (Å²) in [6.45, 7) is 0. The molecule has 2 N–H and O–H groups in total. The van der Waals surface area contributed by atoms with Crippen LogP contribution in [0.15, 0.2) is 21.9 Å². The molecule has 0 aliphatic carbocycles. The number of phenols is 2. The van der Waals surface area contributed by atoms with Gasteiger partial charge in [-0.1, -0.05) is 0 Å². The van der Waals surface area contributed by atoms with E-state index in [-0.39, 0.29) is 59.1 Å². The molecule has 2 atom stereocenters. The molecule has 0 saturated heterocycles. The van der Waals surface area contributed by atoms with Gasteiger partial charge in [0.2, 0.25) is 0 Å². The summed E-state index contributed by atoms with van der Waals surface area (Å²) < 4.78 is 42.2. The van der Waals surface area contributed by atoms with Crippen molar-refractivity contribution in [2.45, 2.75) is 9.79 Å². The Balaban J connectivity index is 0. The minimum absolute atomic E-state index is 0. The first-order valence-corrected chi connectivity index (χ1v) is 5.33. The summed E-state index contributed by atoms with van der Waals surface area (Å²) in [6, 6.07) is 1.76. The standard InChI is InChI=1S/C6H6O6S2.2Na/c7-3-1-2-4(13(9)10)6(5(3)8)14(11)12;;/h1-2,7-8H,(H,9,10)(H,11,12);;/q;2*+1/p-2. The quantitative estimate of drug-likeness (QED) is 0.316.